The van der Waals surface area contributed by atoms with Gasteiger partial charge < -0.3 is 14.0 Å². The number of hydrogen-bond acceptors (Lipinski definition) is 7. The third-order valence-electron chi connectivity index (χ3n) is 9.21. The molecule has 0 saturated carbocycles. The summed E-state index contributed by atoms with van der Waals surface area (Å²) in [5.41, 5.74) is -0.500. The molecule has 1 rings (SSSR count). The van der Waals surface area contributed by atoms with Gasteiger partial charge in [0.25, 0.3) is 0 Å². The standard InChI is InChI=1S/C42H70O7S.Na/c1-3-5-7-9-11-13-15-17-19-21-23-25-27-29-31-35-48-41(43)39-34-33-38(50(45,46)47)37-40(39)42(44)49-36-32-30-28-26-24-22-20-18-16-14-12-10-8-6-4-2;/h31-37H,3-30H2,1-2H3,(H,45,46,47);/q;+1/p-1/b35-31+,36-32+;. The molecule has 0 spiro atoms. The van der Waals surface area contributed by atoms with Crippen LogP contribution < -0.4 is 29.6 Å². The minimum atomic E-state index is -4.84. The van der Waals surface area contributed by atoms with E-state index >= 15 is 0 Å². The monoisotopic (exact) mass is 740 g/mol. The van der Waals surface area contributed by atoms with Gasteiger partial charge in [0.2, 0.25) is 0 Å². The third kappa shape index (κ3) is 27.8. The van der Waals surface area contributed by atoms with Crippen LogP contribution in [0.2, 0.25) is 0 Å². The van der Waals surface area contributed by atoms with Crippen molar-refractivity contribution in [2.24, 2.45) is 0 Å². The minimum Gasteiger partial charge on any atom is -0.744 e. The minimum absolute atomic E-state index is 0. The molecule has 0 atom stereocenters. The van der Waals surface area contributed by atoms with E-state index in [0.717, 1.165) is 56.7 Å². The van der Waals surface area contributed by atoms with Gasteiger partial charge in [-0.2, -0.15) is 0 Å². The van der Waals surface area contributed by atoms with Crippen molar-refractivity contribution < 1.29 is 61.6 Å². The van der Waals surface area contributed by atoms with Crippen LogP contribution in [-0.2, 0) is 19.6 Å². The number of hydrogen-bond donors (Lipinski definition) is 0. The molecule has 7 nitrogen and oxygen atoms in total. The fourth-order valence-electron chi connectivity index (χ4n) is 6.07. The first-order chi connectivity index (χ1) is 24.3. The Bertz CT molecular complexity index is 1180. The number of ether oxygens (including phenoxy) is 2. The van der Waals surface area contributed by atoms with E-state index in [2.05, 4.69) is 13.8 Å². The molecule has 51 heavy (non-hydrogen) atoms. The smallest absolute Gasteiger partial charge is 0.744 e. The van der Waals surface area contributed by atoms with Crippen LogP contribution in [0.25, 0.3) is 0 Å². The molecule has 0 radical (unpaired) electrons. The van der Waals surface area contributed by atoms with Gasteiger partial charge in [0.05, 0.1) is 28.5 Å². The van der Waals surface area contributed by atoms with Crippen molar-refractivity contribution in [1.29, 1.82) is 0 Å². The summed E-state index contributed by atoms with van der Waals surface area (Å²) in [4.78, 5) is 25.0. The first-order valence-electron chi connectivity index (χ1n) is 20.1. The van der Waals surface area contributed by atoms with Gasteiger partial charge in [-0.05, 0) is 56.0 Å². The van der Waals surface area contributed by atoms with Crippen LogP contribution >= 0.6 is 0 Å². The van der Waals surface area contributed by atoms with Crippen molar-refractivity contribution in [1.82, 2.24) is 0 Å². The summed E-state index contributed by atoms with van der Waals surface area (Å²) in [6.07, 6.45) is 40.7. The second-order valence-corrected chi connectivity index (χ2v) is 15.2. The van der Waals surface area contributed by atoms with E-state index in [1.54, 1.807) is 12.2 Å². The summed E-state index contributed by atoms with van der Waals surface area (Å²) in [6.45, 7) is 4.50. The van der Waals surface area contributed by atoms with Gasteiger partial charge in [0.1, 0.15) is 10.1 Å². The number of esters is 2. The third-order valence-corrected chi connectivity index (χ3v) is 10.0. The first kappa shape index (κ1) is 49.6. The number of carbonyl (C=O) groups is 2. The molecule has 0 bridgehead atoms. The maximum Gasteiger partial charge on any atom is 1.00 e. The second-order valence-electron chi connectivity index (χ2n) is 13.8. The summed E-state index contributed by atoms with van der Waals surface area (Å²) in [6, 6.07) is 2.98. The molecule has 286 valence electrons. The molecule has 0 aliphatic heterocycles. The molecule has 0 saturated heterocycles. The zero-order valence-electron chi connectivity index (χ0n) is 32.6. The molecule has 0 fully saturated rings. The molecular weight excluding hydrogens is 672 g/mol. The molecule has 1 aromatic carbocycles. The normalized spacial score (nSPS) is 11.7. The Labute approximate surface area is 334 Å². The predicted molar refractivity (Wildman–Crippen MR) is 204 cm³/mol. The maximum absolute atomic E-state index is 12.8. The number of rotatable bonds is 33. The summed E-state index contributed by atoms with van der Waals surface area (Å²) >= 11 is 0. The van der Waals surface area contributed by atoms with E-state index < -0.39 is 27.0 Å². The molecule has 0 aliphatic carbocycles. The zero-order valence-corrected chi connectivity index (χ0v) is 35.4. The van der Waals surface area contributed by atoms with Gasteiger partial charge in [0.15, 0.2) is 0 Å². The largest absolute Gasteiger partial charge is 1.00 e. The Morgan fingerprint density at radius 1 is 0.529 bits per heavy atom. The molecule has 9 heteroatoms. The fourth-order valence-corrected chi connectivity index (χ4v) is 6.57. The van der Waals surface area contributed by atoms with Gasteiger partial charge in [0, 0.05) is 0 Å². The summed E-state index contributed by atoms with van der Waals surface area (Å²) < 4.78 is 45.2. The summed E-state index contributed by atoms with van der Waals surface area (Å²) in [5, 5.41) is 0. The van der Waals surface area contributed by atoms with Gasteiger partial charge >= 0.3 is 41.5 Å². The van der Waals surface area contributed by atoms with E-state index in [4.69, 9.17) is 9.47 Å². The fraction of sp³-hybridized carbons (Fsp3) is 0.714. The number of benzene rings is 1. The van der Waals surface area contributed by atoms with Crippen LogP contribution in [0.1, 0.15) is 214 Å². The Morgan fingerprint density at radius 3 is 1.18 bits per heavy atom. The maximum atomic E-state index is 12.8. The van der Waals surface area contributed by atoms with Crippen LogP contribution in [0.4, 0.5) is 0 Å². The molecule has 0 aromatic heterocycles. The molecule has 0 unspecified atom stereocenters. The van der Waals surface area contributed by atoms with E-state index in [1.165, 1.54) is 154 Å². The Hall–Kier alpha value is -1.45. The molecule has 0 heterocycles. The second kappa shape index (κ2) is 34.3. The number of unbranched alkanes of at least 4 members (excludes halogenated alkanes) is 26. The Morgan fingerprint density at radius 2 is 0.843 bits per heavy atom. The van der Waals surface area contributed by atoms with Crippen LogP contribution in [0.3, 0.4) is 0 Å². The van der Waals surface area contributed by atoms with Gasteiger partial charge in [-0.1, -0.05) is 168 Å². The number of allylic oxidation sites excluding steroid dienone is 2. The predicted octanol–water partition coefficient (Wildman–Crippen LogP) is 9.90. The summed E-state index contributed by atoms with van der Waals surface area (Å²) in [7, 11) is -4.84. The van der Waals surface area contributed by atoms with Crippen molar-refractivity contribution in [2.75, 3.05) is 0 Å². The van der Waals surface area contributed by atoms with Crippen molar-refractivity contribution in [3.05, 3.63) is 54.0 Å². The van der Waals surface area contributed by atoms with Gasteiger partial charge in [-0.15, -0.1) is 0 Å². The molecule has 0 N–H and O–H groups in total. The SMILES string of the molecule is CCCCCCCCCCCCCCC/C=C/OC(=O)c1ccc(S(=O)(=O)[O-])cc1C(=O)O/C=C/CCCCCCCCCCCCCCC.[Na+]. The van der Waals surface area contributed by atoms with Crippen LogP contribution in [-0.4, -0.2) is 24.9 Å². The van der Waals surface area contributed by atoms with E-state index in [0.29, 0.717) is 0 Å². The molecule has 0 aliphatic rings. The van der Waals surface area contributed by atoms with Crippen molar-refractivity contribution in [3.8, 4) is 0 Å². The van der Waals surface area contributed by atoms with Gasteiger partial charge in [-0.25, -0.2) is 18.0 Å². The van der Waals surface area contributed by atoms with E-state index in [9.17, 15) is 22.6 Å². The van der Waals surface area contributed by atoms with Crippen LogP contribution in [0.15, 0.2) is 47.8 Å². The van der Waals surface area contributed by atoms with Crippen molar-refractivity contribution in [2.45, 2.75) is 199 Å². The average Bonchev–Trinajstić information content (AvgIpc) is 3.10. The van der Waals surface area contributed by atoms with E-state index in [1.807, 2.05) is 0 Å². The Balaban J connectivity index is 0.0000250. The van der Waals surface area contributed by atoms with Crippen molar-refractivity contribution >= 4 is 22.1 Å². The van der Waals surface area contributed by atoms with Crippen molar-refractivity contribution in [3.63, 3.8) is 0 Å². The van der Waals surface area contributed by atoms with Crippen LogP contribution in [0.5, 0.6) is 0 Å². The topological polar surface area (TPSA) is 110 Å². The van der Waals surface area contributed by atoms with Crippen LogP contribution in [0, 0.1) is 0 Å². The van der Waals surface area contributed by atoms with E-state index in [-0.39, 0.29) is 40.7 Å². The molecular formula is C42H69NaO7S. The number of carbonyl (C=O) groups excluding carboxylic acids is 2. The Kier molecular flexibility index (Phi) is 33.4. The molecule has 1 aromatic rings. The first-order valence-corrected chi connectivity index (χ1v) is 21.5. The summed E-state index contributed by atoms with van der Waals surface area (Å²) in [5.74, 6) is -1.76. The van der Waals surface area contributed by atoms with Gasteiger partial charge in [-0.3, -0.25) is 0 Å². The average molecular weight is 741 g/mol. The zero-order chi connectivity index (χ0) is 36.5. The molecule has 0 amide bonds. The quantitative estimate of drug-likeness (QED) is 0.0232.